The summed E-state index contributed by atoms with van der Waals surface area (Å²) < 4.78 is 5.86. The van der Waals surface area contributed by atoms with Crippen LogP contribution in [0.25, 0.3) is 0 Å². The lowest BCUT2D eigenvalue weighted by Crippen LogP contribution is -2.59. The van der Waals surface area contributed by atoms with Crippen molar-refractivity contribution in [2.45, 2.75) is 12.1 Å². The molecule has 0 aliphatic carbocycles. The number of nitrogens with zero attached hydrogens (tertiary/aromatic N) is 3. The van der Waals surface area contributed by atoms with Crippen LogP contribution < -0.4 is 10.5 Å². The molecule has 1 N–H and O–H groups in total. The van der Waals surface area contributed by atoms with Gasteiger partial charge in [0.15, 0.2) is 0 Å². The summed E-state index contributed by atoms with van der Waals surface area (Å²) in [5.74, 6) is 0.746. The van der Waals surface area contributed by atoms with E-state index < -0.39 is 0 Å². The van der Waals surface area contributed by atoms with Gasteiger partial charge in [-0.05, 0) is 5.56 Å². The van der Waals surface area contributed by atoms with E-state index in [1.165, 1.54) is 11.9 Å². The molecule has 4 rings (SSSR count). The van der Waals surface area contributed by atoms with Crippen molar-refractivity contribution in [1.29, 1.82) is 0 Å². The number of anilines is 1. The van der Waals surface area contributed by atoms with Gasteiger partial charge in [-0.25, -0.2) is 4.98 Å². The number of hydrogen-bond acceptors (Lipinski definition) is 5. The summed E-state index contributed by atoms with van der Waals surface area (Å²) in [6, 6.07) is 12.7. The minimum atomic E-state index is -0.112. The van der Waals surface area contributed by atoms with Crippen LogP contribution in [0.3, 0.4) is 0 Å². The lowest BCUT2D eigenvalue weighted by molar-refractivity contribution is -0.0548. The maximum absolute atomic E-state index is 11.5. The molecule has 2 fully saturated rings. The van der Waals surface area contributed by atoms with Gasteiger partial charge in [-0.3, -0.25) is 9.69 Å². The van der Waals surface area contributed by atoms with Gasteiger partial charge in [0, 0.05) is 25.7 Å². The number of morpholine rings is 1. The smallest absolute Gasteiger partial charge is 0.252 e. The molecule has 0 radical (unpaired) electrons. The highest BCUT2D eigenvalue weighted by Crippen LogP contribution is 2.30. The third-order valence-corrected chi connectivity index (χ3v) is 4.69. The van der Waals surface area contributed by atoms with E-state index in [0.717, 1.165) is 38.7 Å². The Morgan fingerprint density at radius 1 is 1.17 bits per heavy atom. The number of ether oxygens (including phenoxy) is 1. The van der Waals surface area contributed by atoms with Crippen LogP contribution in [0.2, 0.25) is 0 Å². The molecular formula is C17H20N4O2. The Kier molecular flexibility index (Phi) is 3.85. The van der Waals surface area contributed by atoms with Crippen LogP contribution in [0.1, 0.15) is 11.6 Å². The first-order chi connectivity index (χ1) is 11.3. The fourth-order valence-electron chi connectivity index (χ4n) is 3.54. The van der Waals surface area contributed by atoms with E-state index in [2.05, 4.69) is 44.0 Å². The van der Waals surface area contributed by atoms with Crippen molar-refractivity contribution in [2.24, 2.45) is 0 Å². The lowest BCUT2D eigenvalue weighted by Gasteiger charge is -2.48. The zero-order valence-electron chi connectivity index (χ0n) is 12.9. The summed E-state index contributed by atoms with van der Waals surface area (Å²) in [5.41, 5.74) is 1.19. The minimum Gasteiger partial charge on any atom is -0.378 e. The topological polar surface area (TPSA) is 61.5 Å². The Balaban J connectivity index is 1.53. The molecular weight excluding hydrogens is 292 g/mol. The van der Waals surface area contributed by atoms with Crippen LogP contribution in [-0.4, -0.2) is 53.8 Å². The van der Waals surface area contributed by atoms with E-state index in [-0.39, 0.29) is 5.56 Å². The van der Waals surface area contributed by atoms with Gasteiger partial charge >= 0.3 is 0 Å². The van der Waals surface area contributed by atoms with Gasteiger partial charge in [-0.15, -0.1) is 0 Å². The molecule has 1 aromatic carbocycles. The maximum atomic E-state index is 11.5. The van der Waals surface area contributed by atoms with E-state index in [4.69, 9.17) is 4.74 Å². The molecule has 0 amide bonds. The highest BCUT2D eigenvalue weighted by atomic mass is 16.5. The Hall–Kier alpha value is -2.18. The van der Waals surface area contributed by atoms with E-state index in [1.54, 1.807) is 6.07 Å². The molecule has 0 spiro atoms. The SMILES string of the molecule is O=c1cc(N2CCN3[C@@H](COC[C@@H]3c3ccccc3)C2)nc[nH]1. The predicted octanol–water partition coefficient (Wildman–Crippen LogP) is 1.03. The second-order valence-corrected chi connectivity index (χ2v) is 6.07. The molecule has 120 valence electrons. The van der Waals surface area contributed by atoms with Gasteiger partial charge in [-0.2, -0.15) is 0 Å². The van der Waals surface area contributed by atoms with E-state index in [1.807, 2.05) is 6.07 Å². The monoisotopic (exact) mass is 312 g/mol. The first-order valence-corrected chi connectivity index (χ1v) is 7.99. The molecule has 2 aliphatic rings. The number of aromatic amines is 1. The lowest BCUT2D eigenvalue weighted by atomic mass is 10.0. The maximum Gasteiger partial charge on any atom is 0.252 e. The van der Waals surface area contributed by atoms with E-state index in [9.17, 15) is 4.79 Å². The normalized spacial score (nSPS) is 25.1. The molecule has 3 heterocycles. The van der Waals surface area contributed by atoms with Crippen molar-refractivity contribution in [1.82, 2.24) is 14.9 Å². The van der Waals surface area contributed by atoms with Crippen molar-refractivity contribution in [2.75, 3.05) is 37.7 Å². The van der Waals surface area contributed by atoms with Crippen molar-refractivity contribution in [3.63, 3.8) is 0 Å². The fourth-order valence-corrected chi connectivity index (χ4v) is 3.54. The zero-order chi connectivity index (χ0) is 15.6. The van der Waals surface area contributed by atoms with Crippen molar-refractivity contribution in [3.05, 3.63) is 58.6 Å². The molecule has 0 saturated carbocycles. The van der Waals surface area contributed by atoms with Gasteiger partial charge in [0.25, 0.3) is 5.56 Å². The summed E-state index contributed by atoms with van der Waals surface area (Å²) in [6.45, 7) is 4.12. The standard InChI is InChI=1S/C17H20N4O2/c22-17-8-16(18-12-19-17)20-6-7-21-14(9-20)10-23-11-15(21)13-4-2-1-3-5-13/h1-5,8,12,14-15H,6-7,9-11H2,(H,18,19,22)/t14-,15-/m1/s1. The number of fused-ring (bicyclic) bond motifs is 1. The number of nitrogens with one attached hydrogen (secondary N) is 1. The Bertz CT molecular complexity index is 718. The van der Waals surface area contributed by atoms with Crippen LogP contribution in [0, 0.1) is 0 Å². The average molecular weight is 312 g/mol. The number of rotatable bonds is 2. The van der Waals surface area contributed by atoms with Crippen molar-refractivity contribution < 1.29 is 4.74 Å². The summed E-state index contributed by atoms with van der Waals surface area (Å²) >= 11 is 0. The fraction of sp³-hybridized carbons (Fsp3) is 0.412. The largest absolute Gasteiger partial charge is 0.378 e. The summed E-state index contributed by atoms with van der Waals surface area (Å²) in [4.78, 5) is 23.1. The molecule has 1 aromatic heterocycles. The molecule has 6 heteroatoms. The molecule has 6 nitrogen and oxygen atoms in total. The van der Waals surface area contributed by atoms with Gasteiger partial charge < -0.3 is 14.6 Å². The Morgan fingerprint density at radius 3 is 2.87 bits per heavy atom. The molecule has 2 saturated heterocycles. The summed E-state index contributed by atoms with van der Waals surface area (Å²) in [6.07, 6.45) is 1.47. The number of benzene rings is 1. The average Bonchev–Trinajstić information content (AvgIpc) is 2.61. The Morgan fingerprint density at radius 2 is 2.04 bits per heavy atom. The molecule has 2 aliphatic heterocycles. The summed E-state index contributed by atoms with van der Waals surface area (Å²) in [7, 11) is 0. The van der Waals surface area contributed by atoms with E-state index in [0.29, 0.717) is 12.1 Å². The highest BCUT2D eigenvalue weighted by molar-refractivity contribution is 5.38. The Labute approximate surface area is 134 Å². The quantitative estimate of drug-likeness (QED) is 0.897. The second kappa shape index (κ2) is 6.14. The van der Waals surface area contributed by atoms with Crippen LogP contribution in [-0.2, 0) is 4.74 Å². The first-order valence-electron chi connectivity index (χ1n) is 7.99. The molecule has 0 unspecified atom stereocenters. The summed E-state index contributed by atoms with van der Waals surface area (Å²) in [5, 5.41) is 0. The predicted molar refractivity (Wildman–Crippen MR) is 87.6 cm³/mol. The van der Waals surface area contributed by atoms with Gasteiger partial charge in [0.2, 0.25) is 0 Å². The van der Waals surface area contributed by atoms with Crippen molar-refractivity contribution in [3.8, 4) is 0 Å². The molecule has 2 atom stereocenters. The first kappa shape index (κ1) is 14.4. The van der Waals surface area contributed by atoms with Crippen molar-refractivity contribution >= 4 is 5.82 Å². The third-order valence-electron chi connectivity index (χ3n) is 4.69. The van der Waals surface area contributed by atoms with Gasteiger partial charge in [-0.1, -0.05) is 30.3 Å². The van der Waals surface area contributed by atoms with E-state index >= 15 is 0 Å². The third kappa shape index (κ3) is 2.87. The van der Waals surface area contributed by atoms with Crippen LogP contribution in [0.15, 0.2) is 47.5 Å². The number of aromatic nitrogens is 2. The number of hydrogen-bond donors (Lipinski definition) is 1. The van der Waals surface area contributed by atoms with Crippen LogP contribution in [0.5, 0.6) is 0 Å². The van der Waals surface area contributed by atoms with Crippen LogP contribution in [0.4, 0.5) is 5.82 Å². The number of H-pyrrole nitrogens is 1. The van der Waals surface area contributed by atoms with Gasteiger partial charge in [0.05, 0.1) is 31.6 Å². The molecule has 0 bridgehead atoms. The van der Waals surface area contributed by atoms with Gasteiger partial charge in [0.1, 0.15) is 5.82 Å². The molecule has 23 heavy (non-hydrogen) atoms. The zero-order valence-corrected chi connectivity index (χ0v) is 12.9. The van der Waals surface area contributed by atoms with Crippen LogP contribution >= 0.6 is 0 Å². The second-order valence-electron chi connectivity index (χ2n) is 6.07. The number of piperazine rings is 1. The highest BCUT2D eigenvalue weighted by Gasteiger charge is 2.36. The molecule has 2 aromatic rings. The minimum absolute atomic E-state index is 0.112.